The Morgan fingerprint density at radius 2 is 1.94 bits per heavy atom. The Hall–Kier alpha value is -1.22. The lowest BCUT2D eigenvalue weighted by Crippen LogP contribution is -2.21. The SMILES string of the molecule is CCNCC(C)CCOc1ccccc1OC. The fraction of sp³-hybridized carbons (Fsp3) is 0.571. The number of para-hydroxylation sites is 2. The van der Waals surface area contributed by atoms with Crippen LogP contribution in [0, 0.1) is 5.92 Å². The van der Waals surface area contributed by atoms with Gasteiger partial charge >= 0.3 is 0 Å². The zero-order chi connectivity index (χ0) is 12.5. The van der Waals surface area contributed by atoms with Crippen LogP contribution in [0.25, 0.3) is 0 Å². The molecule has 96 valence electrons. The van der Waals surface area contributed by atoms with Gasteiger partial charge in [-0.1, -0.05) is 26.0 Å². The molecule has 0 saturated carbocycles. The fourth-order valence-electron chi connectivity index (χ4n) is 1.60. The molecule has 1 atom stereocenters. The van der Waals surface area contributed by atoms with Gasteiger partial charge in [0.05, 0.1) is 13.7 Å². The number of ether oxygens (including phenoxy) is 2. The molecule has 1 rings (SSSR count). The first kappa shape index (κ1) is 13.8. The summed E-state index contributed by atoms with van der Waals surface area (Å²) in [6, 6.07) is 7.75. The van der Waals surface area contributed by atoms with E-state index in [9.17, 15) is 0 Å². The second-order valence-electron chi connectivity index (χ2n) is 4.20. The number of nitrogens with one attached hydrogen (secondary N) is 1. The molecule has 1 aromatic rings. The van der Waals surface area contributed by atoms with E-state index in [1.807, 2.05) is 24.3 Å². The zero-order valence-corrected chi connectivity index (χ0v) is 11.0. The largest absolute Gasteiger partial charge is 0.493 e. The molecule has 0 saturated heterocycles. The second-order valence-corrected chi connectivity index (χ2v) is 4.20. The number of methoxy groups -OCH3 is 1. The average Bonchev–Trinajstić information content (AvgIpc) is 2.37. The lowest BCUT2D eigenvalue weighted by molar-refractivity contribution is 0.267. The van der Waals surface area contributed by atoms with Crippen molar-refractivity contribution >= 4 is 0 Å². The Bertz CT molecular complexity index is 315. The standard InChI is InChI=1S/C14H23NO2/c1-4-15-11-12(2)9-10-17-14-8-6-5-7-13(14)16-3/h5-8,12,15H,4,9-11H2,1-3H3. The van der Waals surface area contributed by atoms with Gasteiger partial charge in [0.2, 0.25) is 0 Å². The van der Waals surface area contributed by atoms with Crippen molar-refractivity contribution in [1.82, 2.24) is 5.32 Å². The average molecular weight is 237 g/mol. The number of hydrogen-bond acceptors (Lipinski definition) is 3. The molecule has 0 aliphatic carbocycles. The molecule has 0 aliphatic heterocycles. The maximum atomic E-state index is 5.73. The Labute approximate surface area is 104 Å². The van der Waals surface area contributed by atoms with Gasteiger partial charge in [0.25, 0.3) is 0 Å². The predicted octanol–water partition coefficient (Wildman–Crippen LogP) is 2.71. The molecule has 0 amide bonds. The third-order valence-electron chi connectivity index (χ3n) is 2.68. The molecule has 3 heteroatoms. The highest BCUT2D eigenvalue weighted by Gasteiger charge is 2.04. The lowest BCUT2D eigenvalue weighted by atomic mass is 10.1. The monoisotopic (exact) mass is 237 g/mol. The summed E-state index contributed by atoms with van der Waals surface area (Å²) in [6.45, 7) is 7.16. The molecule has 0 radical (unpaired) electrons. The summed E-state index contributed by atoms with van der Waals surface area (Å²) < 4.78 is 11.0. The Morgan fingerprint density at radius 3 is 2.59 bits per heavy atom. The summed E-state index contributed by atoms with van der Waals surface area (Å²) in [6.07, 6.45) is 1.05. The smallest absolute Gasteiger partial charge is 0.161 e. The lowest BCUT2D eigenvalue weighted by Gasteiger charge is -2.14. The van der Waals surface area contributed by atoms with E-state index >= 15 is 0 Å². The van der Waals surface area contributed by atoms with Gasteiger partial charge in [-0.05, 0) is 37.6 Å². The molecule has 0 heterocycles. The van der Waals surface area contributed by atoms with Crippen molar-refractivity contribution < 1.29 is 9.47 Å². The molecular weight excluding hydrogens is 214 g/mol. The summed E-state index contributed by atoms with van der Waals surface area (Å²) in [5.41, 5.74) is 0. The maximum Gasteiger partial charge on any atom is 0.161 e. The first-order valence-electron chi connectivity index (χ1n) is 6.24. The van der Waals surface area contributed by atoms with Crippen LogP contribution in [0.2, 0.25) is 0 Å². The van der Waals surface area contributed by atoms with Crippen molar-refractivity contribution in [1.29, 1.82) is 0 Å². The molecule has 0 bridgehead atoms. The fourth-order valence-corrected chi connectivity index (χ4v) is 1.60. The minimum absolute atomic E-state index is 0.629. The summed E-state index contributed by atoms with van der Waals surface area (Å²) >= 11 is 0. The molecule has 1 N–H and O–H groups in total. The topological polar surface area (TPSA) is 30.5 Å². The minimum Gasteiger partial charge on any atom is -0.493 e. The summed E-state index contributed by atoms with van der Waals surface area (Å²) in [4.78, 5) is 0. The normalized spacial score (nSPS) is 12.2. The van der Waals surface area contributed by atoms with E-state index in [0.717, 1.165) is 37.6 Å². The van der Waals surface area contributed by atoms with Crippen molar-refractivity contribution in [2.45, 2.75) is 20.3 Å². The molecule has 3 nitrogen and oxygen atoms in total. The van der Waals surface area contributed by atoms with Crippen LogP contribution in [-0.2, 0) is 0 Å². The number of rotatable bonds is 8. The highest BCUT2D eigenvalue weighted by molar-refractivity contribution is 5.39. The van der Waals surface area contributed by atoms with E-state index in [4.69, 9.17) is 9.47 Å². The van der Waals surface area contributed by atoms with Gasteiger partial charge in [-0.25, -0.2) is 0 Å². The highest BCUT2D eigenvalue weighted by Crippen LogP contribution is 2.25. The maximum absolute atomic E-state index is 5.73. The molecule has 0 aromatic heterocycles. The van der Waals surface area contributed by atoms with Gasteiger partial charge < -0.3 is 14.8 Å². The summed E-state index contributed by atoms with van der Waals surface area (Å²) in [5, 5.41) is 3.34. The van der Waals surface area contributed by atoms with Crippen LogP contribution < -0.4 is 14.8 Å². The van der Waals surface area contributed by atoms with Crippen LogP contribution in [0.5, 0.6) is 11.5 Å². The highest BCUT2D eigenvalue weighted by atomic mass is 16.5. The van der Waals surface area contributed by atoms with Gasteiger partial charge in [-0.15, -0.1) is 0 Å². The van der Waals surface area contributed by atoms with Crippen molar-refractivity contribution in [3.63, 3.8) is 0 Å². The van der Waals surface area contributed by atoms with E-state index < -0.39 is 0 Å². The van der Waals surface area contributed by atoms with Crippen LogP contribution >= 0.6 is 0 Å². The van der Waals surface area contributed by atoms with Crippen molar-refractivity contribution in [2.75, 3.05) is 26.8 Å². The van der Waals surface area contributed by atoms with Crippen LogP contribution in [0.15, 0.2) is 24.3 Å². The molecule has 0 fully saturated rings. The molecule has 0 aliphatic rings. The Kier molecular flexibility index (Phi) is 6.48. The zero-order valence-electron chi connectivity index (χ0n) is 11.0. The van der Waals surface area contributed by atoms with E-state index in [1.165, 1.54) is 0 Å². The van der Waals surface area contributed by atoms with E-state index in [2.05, 4.69) is 19.2 Å². The third kappa shape index (κ3) is 5.09. The summed E-state index contributed by atoms with van der Waals surface area (Å²) in [5.74, 6) is 2.25. The van der Waals surface area contributed by atoms with Gasteiger partial charge in [0.15, 0.2) is 11.5 Å². The molecule has 17 heavy (non-hydrogen) atoms. The van der Waals surface area contributed by atoms with Crippen LogP contribution in [0.3, 0.4) is 0 Å². The van der Waals surface area contributed by atoms with Crippen molar-refractivity contribution in [3.05, 3.63) is 24.3 Å². The van der Waals surface area contributed by atoms with Crippen LogP contribution in [0.4, 0.5) is 0 Å². The van der Waals surface area contributed by atoms with Gasteiger partial charge in [-0.2, -0.15) is 0 Å². The quantitative estimate of drug-likeness (QED) is 0.754. The van der Waals surface area contributed by atoms with Crippen molar-refractivity contribution in [2.24, 2.45) is 5.92 Å². The van der Waals surface area contributed by atoms with Gasteiger partial charge in [-0.3, -0.25) is 0 Å². The minimum atomic E-state index is 0.629. The van der Waals surface area contributed by atoms with Gasteiger partial charge in [0.1, 0.15) is 0 Å². The second kappa shape index (κ2) is 7.96. The van der Waals surface area contributed by atoms with E-state index in [-0.39, 0.29) is 0 Å². The van der Waals surface area contributed by atoms with Crippen LogP contribution in [0.1, 0.15) is 20.3 Å². The van der Waals surface area contributed by atoms with Gasteiger partial charge in [0, 0.05) is 0 Å². The van der Waals surface area contributed by atoms with Crippen LogP contribution in [-0.4, -0.2) is 26.8 Å². The van der Waals surface area contributed by atoms with E-state index in [1.54, 1.807) is 7.11 Å². The number of hydrogen-bond donors (Lipinski definition) is 1. The molecular formula is C14H23NO2. The predicted molar refractivity (Wildman–Crippen MR) is 70.8 cm³/mol. The van der Waals surface area contributed by atoms with E-state index in [0.29, 0.717) is 5.92 Å². The molecule has 0 spiro atoms. The Morgan fingerprint density at radius 1 is 1.24 bits per heavy atom. The van der Waals surface area contributed by atoms with Crippen molar-refractivity contribution in [3.8, 4) is 11.5 Å². The summed E-state index contributed by atoms with van der Waals surface area (Å²) in [7, 11) is 1.66. The third-order valence-corrected chi connectivity index (χ3v) is 2.68. The Balaban J connectivity index is 2.30. The molecule has 1 aromatic carbocycles. The number of benzene rings is 1. The molecule has 1 unspecified atom stereocenters. The first-order chi connectivity index (χ1) is 8.27. The first-order valence-corrected chi connectivity index (χ1v) is 6.24.